The van der Waals surface area contributed by atoms with Crippen LogP contribution < -0.4 is 5.32 Å². The van der Waals surface area contributed by atoms with E-state index in [1.54, 1.807) is 0 Å². The third kappa shape index (κ3) is 2.64. The summed E-state index contributed by atoms with van der Waals surface area (Å²) in [7, 11) is 0. The van der Waals surface area contributed by atoms with E-state index in [-0.39, 0.29) is 0 Å². The number of aliphatic imine (C=N–C) groups is 2. The van der Waals surface area contributed by atoms with Gasteiger partial charge in [-0.1, -0.05) is 12.1 Å². The Morgan fingerprint density at radius 2 is 2.25 bits per heavy atom. The van der Waals surface area contributed by atoms with Crippen LogP contribution in [0.5, 0.6) is 0 Å². The zero-order valence-corrected chi connectivity index (χ0v) is 10.3. The van der Waals surface area contributed by atoms with Crippen molar-refractivity contribution in [2.75, 3.05) is 17.6 Å². The van der Waals surface area contributed by atoms with E-state index in [0.717, 1.165) is 29.7 Å². The van der Waals surface area contributed by atoms with Crippen molar-refractivity contribution in [2.24, 2.45) is 9.98 Å². The molecule has 1 N–H and O–H groups in total. The van der Waals surface area contributed by atoms with Gasteiger partial charge in [-0.25, -0.2) is 4.99 Å². The van der Waals surface area contributed by atoms with Crippen LogP contribution in [0.4, 0.5) is 5.69 Å². The summed E-state index contributed by atoms with van der Waals surface area (Å²) in [5, 5.41) is 3.33. The fourth-order valence-corrected chi connectivity index (χ4v) is 2.43. The Hall–Kier alpha value is -1.29. The van der Waals surface area contributed by atoms with Crippen LogP contribution in [-0.4, -0.2) is 24.0 Å². The van der Waals surface area contributed by atoms with Gasteiger partial charge in [0.1, 0.15) is 11.7 Å². The van der Waals surface area contributed by atoms with Crippen molar-refractivity contribution in [3.63, 3.8) is 0 Å². The minimum atomic E-state index is 0.784. The van der Waals surface area contributed by atoms with Crippen molar-refractivity contribution >= 4 is 29.1 Å². The highest BCUT2D eigenvalue weighted by atomic mass is 32.2. The molecule has 2 rings (SSSR count). The van der Waals surface area contributed by atoms with E-state index in [4.69, 9.17) is 0 Å². The van der Waals surface area contributed by atoms with Gasteiger partial charge in [0.05, 0.1) is 11.4 Å². The first kappa shape index (κ1) is 11.2. The topological polar surface area (TPSA) is 36.8 Å². The second kappa shape index (κ2) is 5.16. The molecule has 1 aliphatic rings. The molecule has 0 radical (unpaired) electrons. The highest BCUT2D eigenvalue weighted by Crippen LogP contribution is 2.30. The van der Waals surface area contributed by atoms with E-state index < -0.39 is 0 Å². The molecule has 4 heteroatoms. The minimum Gasteiger partial charge on any atom is -0.342 e. The molecule has 0 aliphatic carbocycles. The molecule has 0 aromatic heterocycles. The molecule has 0 fully saturated rings. The van der Waals surface area contributed by atoms with E-state index in [9.17, 15) is 0 Å². The number of hydrogen-bond donors (Lipinski definition) is 1. The lowest BCUT2D eigenvalue weighted by Crippen LogP contribution is -2.20. The summed E-state index contributed by atoms with van der Waals surface area (Å²) in [6.07, 6.45) is 0. The van der Waals surface area contributed by atoms with Crippen molar-refractivity contribution in [1.29, 1.82) is 0 Å². The van der Waals surface area contributed by atoms with Gasteiger partial charge in [0.2, 0.25) is 0 Å². The molecular weight excluding hydrogens is 218 g/mol. The van der Waals surface area contributed by atoms with Crippen molar-refractivity contribution in [1.82, 2.24) is 0 Å². The number of anilines is 1. The van der Waals surface area contributed by atoms with Crippen LogP contribution in [-0.2, 0) is 0 Å². The van der Waals surface area contributed by atoms with E-state index in [1.807, 2.05) is 31.7 Å². The Morgan fingerprint density at radius 1 is 1.44 bits per heavy atom. The van der Waals surface area contributed by atoms with Crippen molar-refractivity contribution in [3.05, 3.63) is 24.3 Å². The van der Waals surface area contributed by atoms with Crippen LogP contribution in [0.2, 0.25) is 0 Å². The largest absolute Gasteiger partial charge is 0.342 e. The zero-order chi connectivity index (χ0) is 11.4. The van der Waals surface area contributed by atoms with Gasteiger partial charge in [0.15, 0.2) is 0 Å². The second-order valence-electron chi connectivity index (χ2n) is 3.49. The van der Waals surface area contributed by atoms with Gasteiger partial charge < -0.3 is 5.32 Å². The first-order valence-corrected chi connectivity index (χ1v) is 6.35. The monoisotopic (exact) mass is 233 g/mol. The number of amidine groups is 2. The lowest BCUT2D eigenvalue weighted by Gasteiger charge is -2.18. The molecule has 0 bridgehead atoms. The number of benzene rings is 1. The van der Waals surface area contributed by atoms with Gasteiger partial charge in [0, 0.05) is 11.4 Å². The molecule has 0 unspecified atom stereocenters. The molecule has 84 valence electrons. The molecule has 0 saturated carbocycles. The predicted molar refractivity (Wildman–Crippen MR) is 71.9 cm³/mol. The summed E-state index contributed by atoms with van der Waals surface area (Å²) in [6.45, 7) is 4.73. The standard InChI is InChI=1S/C12H15N3S/c1-3-13-9(2)14-12-8-16-11-7-5-4-6-10(11)15-12/h4-7H,3,8H2,1-2H3,(H,13,14,15). The molecule has 1 aliphatic heterocycles. The van der Waals surface area contributed by atoms with Crippen LogP contribution in [0.15, 0.2) is 39.1 Å². The SMILES string of the molecule is CCN=C(C)N=C1CSc2ccccc2N1. The van der Waals surface area contributed by atoms with Crippen LogP contribution >= 0.6 is 11.8 Å². The summed E-state index contributed by atoms with van der Waals surface area (Å²) in [4.78, 5) is 10.00. The quantitative estimate of drug-likeness (QED) is 0.598. The second-order valence-corrected chi connectivity index (χ2v) is 4.51. The van der Waals surface area contributed by atoms with Crippen LogP contribution in [0.25, 0.3) is 0 Å². The van der Waals surface area contributed by atoms with Crippen LogP contribution in [0.3, 0.4) is 0 Å². The molecule has 0 atom stereocenters. The van der Waals surface area contributed by atoms with Gasteiger partial charge in [-0.05, 0) is 26.0 Å². The van der Waals surface area contributed by atoms with Gasteiger partial charge in [-0.2, -0.15) is 0 Å². The molecule has 16 heavy (non-hydrogen) atoms. The maximum Gasteiger partial charge on any atom is 0.122 e. The number of para-hydroxylation sites is 1. The Kier molecular flexibility index (Phi) is 3.62. The third-order valence-corrected chi connectivity index (χ3v) is 3.30. The Morgan fingerprint density at radius 3 is 3.06 bits per heavy atom. The fraction of sp³-hybridized carbons (Fsp3) is 0.333. The van der Waals surface area contributed by atoms with Gasteiger partial charge >= 0.3 is 0 Å². The van der Waals surface area contributed by atoms with Crippen molar-refractivity contribution < 1.29 is 0 Å². The first-order chi connectivity index (χ1) is 7.79. The zero-order valence-electron chi connectivity index (χ0n) is 9.53. The molecule has 1 aromatic rings. The summed E-state index contributed by atoms with van der Waals surface area (Å²) >= 11 is 1.81. The van der Waals surface area contributed by atoms with E-state index in [1.165, 1.54) is 4.90 Å². The minimum absolute atomic E-state index is 0.784. The first-order valence-electron chi connectivity index (χ1n) is 5.37. The number of nitrogens with one attached hydrogen (secondary N) is 1. The summed E-state index contributed by atoms with van der Waals surface area (Å²) in [5.74, 6) is 2.71. The molecule has 1 heterocycles. The number of rotatable bonds is 1. The fourth-order valence-electron chi connectivity index (χ4n) is 1.55. The average Bonchev–Trinajstić information content (AvgIpc) is 2.29. The summed E-state index contributed by atoms with van der Waals surface area (Å²) in [6, 6.07) is 8.28. The molecule has 1 aromatic carbocycles. The van der Waals surface area contributed by atoms with E-state index in [2.05, 4.69) is 33.5 Å². The van der Waals surface area contributed by atoms with E-state index >= 15 is 0 Å². The maximum absolute atomic E-state index is 4.46. The highest BCUT2D eigenvalue weighted by molar-refractivity contribution is 8.00. The predicted octanol–water partition coefficient (Wildman–Crippen LogP) is 3.04. The molecule has 0 saturated heterocycles. The summed E-state index contributed by atoms with van der Waals surface area (Å²) in [5.41, 5.74) is 1.14. The molecule has 0 amide bonds. The Balaban J connectivity index is 2.17. The molecule has 3 nitrogen and oxygen atoms in total. The lowest BCUT2D eigenvalue weighted by atomic mass is 10.3. The Bertz CT molecular complexity index is 438. The van der Waals surface area contributed by atoms with Crippen LogP contribution in [0, 0.1) is 0 Å². The van der Waals surface area contributed by atoms with Gasteiger partial charge in [-0.3, -0.25) is 4.99 Å². The van der Waals surface area contributed by atoms with Gasteiger partial charge in [0.25, 0.3) is 0 Å². The van der Waals surface area contributed by atoms with Crippen LogP contribution in [0.1, 0.15) is 13.8 Å². The summed E-state index contributed by atoms with van der Waals surface area (Å²) < 4.78 is 0. The number of hydrogen-bond acceptors (Lipinski definition) is 2. The van der Waals surface area contributed by atoms with E-state index in [0.29, 0.717) is 0 Å². The highest BCUT2D eigenvalue weighted by Gasteiger charge is 2.12. The molecule has 0 spiro atoms. The smallest absolute Gasteiger partial charge is 0.122 e. The number of fused-ring (bicyclic) bond motifs is 1. The third-order valence-electron chi connectivity index (χ3n) is 2.21. The average molecular weight is 233 g/mol. The van der Waals surface area contributed by atoms with Gasteiger partial charge in [-0.15, -0.1) is 11.8 Å². The number of thioether (sulfide) groups is 1. The van der Waals surface area contributed by atoms with Crippen molar-refractivity contribution in [2.45, 2.75) is 18.7 Å². The molecular formula is C12H15N3S. The van der Waals surface area contributed by atoms with Crippen molar-refractivity contribution in [3.8, 4) is 0 Å². The number of nitrogens with zero attached hydrogens (tertiary/aromatic N) is 2. The normalized spacial score (nSPS) is 18.1. The maximum atomic E-state index is 4.46. The Labute approximate surface area is 100 Å². The lowest BCUT2D eigenvalue weighted by molar-refractivity contribution is 1.12.